The minimum atomic E-state index is -0.196. The Labute approximate surface area is 247 Å². The van der Waals surface area contributed by atoms with E-state index < -0.39 is 0 Å². The number of hydrogen-bond acceptors (Lipinski definition) is 7. The molecule has 0 spiro atoms. The smallest absolute Gasteiger partial charge is 0.224 e. The van der Waals surface area contributed by atoms with Crippen molar-refractivity contribution in [2.45, 2.75) is 19.9 Å². The molecule has 0 fully saturated rings. The first-order chi connectivity index (χ1) is 20.9. The van der Waals surface area contributed by atoms with Gasteiger partial charge in [-0.2, -0.15) is 0 Å². The average Bonchev–Trinajstić information content (AvgIpc) is 3.42. The summed E-state index contributed by atoms with van der Waals surface area (Å²) in [5.74, 6) is 0.698. The number of nitrogens with two attached hydrogens (primary N) is 1. The Balaban J connectivity index is 1.29. The van der Waals surface area contributed by atoms with E-state index in [2.05, 4.69) is 10.3 Å². The molecule has 43 heavy (non-hydrogen) atoms. The number of fused-ring (bicyclic) bond motifs is 1. The number of aromatic hydroxyl groups is 1. The fraction of sp³-hybridized carbons (Fsp3) is 0.0882. The zero-order valence-electron chi connectivity index (χ0n) is 23.4. The Bertz CT molecular complexity index is 1970. The molecular formula is C34H28N6O3. The highest BCUT2D eigenvalue weighted by atomic mass is 16.3. The van der Waals surface area contributed by atoms with Gasteiger partial charge < -0.3 is 16.2 Å². The number of carbonyl (C=O) groups excluding carboxylic acids is 2. The zero-order chi connectivity index (χ0) is 29.9. The van der Waals surface area contributed by atoms with Gasteiger partial charge in [-0.05, 0) is 66.1 Å². The first kappa shape index (κ1) is 27.3. The number of aldehydes is 1. The monoisotopic (exact) mass is 568 g/mol. The lowest BCUT2D eigenvalue weighted by molar-refractivity contribution is -0.120. The number of pyridine rings is 2. The Hall–Kier alpha value is -5.83. The average molecular weight is 569 g/mol. The topological polar surface area (TPSA) is 136 Å². The number of benzene rings is 3. The van der Waals surface area contributed by atoms with Crippen LogP contribution in [0.2, 0.25) is 0 Å². The van der Waals surface area contributed by atoms with E-state index in [0.717, 1.165) is 28.0 Å². The van der Waals surface area contributed by atoms with Gasteiger partial charge in [-0.3, -0.25) is 14.2 Å². The lowest BCUT2D eigenvalue weighted by Gasteiger charge is -2.12. The minimum absolute atomic E-state index is 0.0863. The van der Waals surface area contributed by atoms with Crippen LogP contribution in [0.15, 0.2) is 97.2 Å². The second-order valence-corrected chi connectivity index (χ2v) is 10.1. The molecule has 0 unspecified atom stereocenters. The van der Waals surface area contributed by atoms with Crippen LogP contribution in [0.4, 0.5) is 5.82 Å². The Morgan fingerprint density at radius 1 is 0.953 bits per heavy atom. The van der Waals surface area contributed by atoms with Gasteiger partial charge >= 0.3 is 0 Å². The van der Waals surface area contributed by atoms with Crippen LogP contribution >= 0.6 is 0 Å². The van der Waals surface area contributed by atoms with Crippen LogP contribution < -0.4 is 11.1 Å². The highest BCUT2D eigenvalue weighted by molar-refractivity contribution is 5.85. The zero-order valence-corrected chi connectivity index (χ0v) is 23.4. The van der Waals surface area contributed by atoms with Crippen molar-refractivity contribution in [3.8, 4) is 34.1 Å². The fourth-order valence-electron chi connectivity index (χ4n) is 5.01. The van der Waals surface area contributed by atoms with Crippen molar-refractivity contribution in [2.24, 2.45) is 0 Å². The van der Waals surface area contributed by atoms with Crippen LogP contribution in [-0.2, 0) is 17.8 Å². The van der Waals surface area contributed by atoms with Gasteiger partial charge in [0.15, 0.2) is 17.8 Å². The summed E-state index contributed by atoms with van der Waals surface area (Å²) in [6.45, 7) is 2.01. The van der Waals surface area contributed by atoms with Crippen molar-refractivity contribution in [1.82, 2.24) is 24.8 Å². The maximum absolute atomic E-state index is 12.7. The van der Waals surface area contributed by atoms with Crippen molar-refractivity contribution in [3.05, 3.63) is 119 Å². The Kier molecular flexibility index (Phi) is 7.36. The predicted molar refractivity (Wildman–Crippen MR) is 166 cm³/mol. The molecule has 9 nitrogen and oxygen atoms in total. The highest BCUT2D eigenvalue weighted by Crippen LogP contribution is 2.32. The van der Waals surface area contributed by atoms with Crippen LogP contribution in [0.3, 0.4) is 0 Å². The largest absolute Gasteiger partial charge is 0.507 e. The van der Waals surface area contributed by atoms with Gasteiger partial charge in [0.2, 0.25) is 5.91 Å². The molecule has 0 atom stereocenters. The van der Waals surface area contributed by atoms with E-state index >= 15 is 0 Å². The van der Waals surface area contributed by atoms with Gasteiger partial charge in [0.1, 0.15) is 17.1 Å². The van der Waals surface area contributed by atoms with E-state index in [1.54, 1.807) is 19.2 Å². The lowest BCUT2D eigenvalue weighted by atomic mass is 10.0. The van der Waals surface area contributed by atoms with Gasteiger partial charge in [-0.25, -0.2) is 15.0 Å². The highest BCUT2D eigenvalue weighted by Gasteiger charge is 2.19. The van der Waals surface area contributed by atoms with Crippen molar-refractivity contribution in [2.75, 3.05) is 5.73 Å². The first-order valence-corrected chi connectivity index (χ1v) is 13.7. The van der Waals surface area contributed by atoms with E-state index in [1.807, 2.05) is 83.4 Å². The van der Waals surface area contributed by atoms with Gasteiger partial charge in [-0.15, -0.1) is 0 Å². The molecule has 212 valence electrons. The maximum atomic E-state index is 12.7. The molecular weight excluding hydrogens is 540 g/mol. The molecule has 0 radical (unpaired) electrons. The summed E-state index contributed by atoms with van der Waals surface area (Å²) in [4.78, 5) is 37.9. The summed E-state index contributed by atoms with van der Waals surface area (Å²) in [7, 11) is 0. The van der Waals surface area contributed by atoms with Gasteiger partial charge in [0.25, 0.3) is 0 Å². The summed E-state index contributed by atoms with van der Waals surface area (Å²) in [6.07, 6.45) is 2.32. The number of phenols is 1. The number of carbonyl (C=O) groups is 2. The third-order valence-corrected chi connectivity index (χ3v) is 7.39. The molecule has 4 N–H and O–H groups in total. The summed E-state index contributed by atoms with van der Waals surface area (Å²) >= 11 is 0. The molecule has 6 aromatic rings. The number of anilines is 1. The number of imidazole rings is 1. The van der Waals surface area contributed by atoms with Crippen molar-refractivity contribution >= 4 is 29.2 Å². The number of nitrogens with one attached hydrogen (secondary N) is 1. The molecule has 0 bridgehead atoms. The van der Waals surface area contributed by atoms with E-state index in [4.69, 9.17) is 15.7 Å². The molecule has 0 saturated heterocycles. The van der Waals surface area contributed by atoms with E-state index in [9.17, 15) is 14.7 Å². The summed E-state index contributed by atoms with van der Waals surface area (Å²) in [6, 6.07) is 28.6. The quantitative estimate of drug-likeness (QED) is 0.209. The molecule has 3 aromatic carbocycles. The predicted octanol–water partition coefficient (Wildman–Crippen LogP) is 5.42. The van der Waals surface area contributed by atoms with Gasteiger partial charge in [0.05, 0.1) is 23.2 Å². The third-order valence-electron chi connectivity index (χ3n) is 7.39. The van der Waals surface area contributed by atoms with Crippen molar-refractivity contribution < 1.29 is 14.7 Å². The van der Waals surface area contributed by atoms with Crippen LogP contribution in [0.25, 0.3) is 39.5 Å². The van der Waals surface area contributed by atoms with Crippen LogP contribution in [0, 0.1) is 6.92 Å². The molecule has 9 heteroatoms. The molecule has 0 aliphatic heterocycles. The number of rotatable bonds is 8. The van der Waals surface area contributed by atoms with E-state index in [1.165, 1.54) is 6.07 Å². The minimum Gasteiger partial charge on any atom is -0.507 e. The third kappa shape index (κ3) is 5.43. The summed E-state index contributed by atoms with van der Waals surface area (Å²) in [5.41, 5.74) is 13.3. The molecule has 3 aromatic heterocycles. The van der Waals surface area contributed by atoms with Crippen LogP contribution in [0.5, 0.6) is 5.75 Å². The number of phenolic OH excluding ortho intramolecular Hbond substituents is 1. The molecule has 1 amide bonds. The lowest BCUT2D eigenvalue weighted by Crippen LogP contribution is -2.24. The molecule has 6 rings (SSSR count). The van der Waals surface area contributed by atoms with Gasteiger partial charge in [-0.1, -0.05) is 48.5 Å². The number of amides is 1. The van der Waals surface area contributed by atoms with E-state index in [0.29, 0.717) is 46.8 Å². The number of nitrogen functional groups attached to an aromatic ring is 1. The number of nitrogens with zero attached hydrogens (tertiary/aromatic N) is 4. The summed E-state index contributed by atoms with van der Waals surface area (Å²) in [5, 5.41) is 13.1. The van der Waals surface area contributed by atoms with E-state index in [-0.39, 0.29) is 23.6 Å². The van der Waals surface area contributed by atoms with Crippen LogP contribution in [-0.4, -0.2) is 36.8 Å². The molecule has 0 aliphatic carbocycles. The number of hydrogen-bond donors (Lipinski definition) is 3. The Morgan fingerprint density at radius 3 is 2.49 bits per heavy atom. The second-order valence-electron chi connectivity index (χ2n) is 10.1. The SMILES string of the molecule is Cc1c(CC(=O)NCc2ccc(-n3c(-c4cccnc4N)nc4ccc(-c5ccccc5)nc43)cc2)ccc(C=O)c1O. The van der Waals surface area contributed by atoms with Crippen molar-refractivity contribution in [3.63, 3.8) is 0 Å². The molecule has 0 aliphatic rings. The first-order valence-electron chi connectivity index (χ1n) is 13.7. The van der Waals surface area contributed by atoms with Crippen molar-refractivity contribution in [1.29, 1.82) is 0 Å². The maximum Gasteiger partial charge on any atom is 0.224 e. The normalized spacial score (nSPS) is 11.0. The van der Waals surface area contributed by atoms with Gasteiger partial charge in [0, 0.05) is 24.0 Å². The molecule has 3 heterocycles. The number of aromatic nitrogens is 4. The summed E-state index contributed by atoms with van der Waals surface area (Å²) < 4.78 is 1.97. The Morgan fingerprint density at radius 2 is 1.74 bits per heavy atom. The van der Waals surface area contributed by atoms with Crippen LogP contribution in [0.1, 0.15) is 27.0 Å². The molecule has 0 saturated carbocycles. The fourth-order valence-corrected chi connectivity index (χ4v) is 5.01. The second kappa shape index (κ2) is 11.6. The standard InChI is InChI=1S/C34H28N6O3/c1-21-24(11-12-25(20-41)31(21)43)18-30(42)37-19-22-9-13-26(14-10-22)40-33(27-8-5-17-36-32(27)35)39-29-16-15-28(38-34(29)40)23-6-3-2-4-7-23/h2-17,20,43H,18-19H2,1H3,(H2,35,36)(H,37,42).